The lowest BCUT2D eigenvalue weighted by atomic mass is 10.2. The Hall–Kier alpha value is -3.35. The molecule has 0 saturated heterocycles. The first-order valence-electron chi connectivity index (χ1n) is 9.08. The topological polar surface area (TPSA) is 69.5 Å². The third kappa shape index (κ3) is 4.49. The fourth-order valence-electron chi connectivity index (χ4n) is 2.93. The molecule has 0 saturated carbocycles. The number of hydrogen-bond acceptors (Lipinski definition) is 5. The SMILES string of the molecule is CCN(Cc1ccc(OC)c(OC)c1)C(=O)c1cn(Cc2ccccc2)nn1. The van der Waals surface area contributed by atoms with Crippen molar-refractivity contribution in [2.75, 3.05) is 20.8 Å². The van der Waals surface area contributed by atoms with Crippen molar-refractivity contribution in [3.05, 3.63) is 71.5 Å². The first kappa shape index (κ1) is 19.4. The number of rotatable bonds is 8. The maximum absolute atomic E-state index is 12.9. The Morgan fingerprint density at radius 1 is 1.04 bits per heavy atom. The van der Waals surface area contributed by atoms with Crippen molar-refractivity contribution in [3.8, 4) is 11.5 Å². The highest BCUT2D eigenvalue weighted by molar-refractivity contribution is 5.91. The van der Waals surface area contributed by atoms with Gasteiger partial charge >= 0.3 is 0 Å². The van der Waals surface area contributed by atoms with E-state index in [1.807, 2.05) is 55.5 Å². The van der Waals surface area contributed by atoms with Gasteiger partial charge in [0.05, 0.1) is 27.0 Å². The van der Waals surface area contributed by atoms with Crippen LogP contribution in [0.5, 0.6) is 11.5 Å². The monoisotopic (exact) mass is 380 g/mol. The summed E-state index contributed by atoms with van der Waals surface area (Å²) in [6, 6.07) is 15.6. The van der Waals surface area contributed by atoms with Crippen LogP contribution in [0.15, 0.2) is 54.7 Å². The van der Waals surface area contributed by atoms with Gasteiger partial charge in [0.2, 0.25) is 0 Å². The first-order chi connectivity index (χ1) is 13.6. The van der Waals surface area contributed by atoms with Crippen LogP contribution in [-0.2, 0) is 13.1 Å². The van der Waals surface area contributed by atoms with Crippen LogP contribution in [0, 0.1) is 0 Å². The summed E-state index contributed by atoms with van der Waals surface area (Å²) in [4.78, 5) is 14.6. The minimum Gasteiger partial charge on any atom is -0.493 e. The molecule has 2 aromatic carbocycles. The summed E-state index contributed by atoms with van der Waals surface area (Å²) in [6.45, 7) is 3.51. The summed E-state index contributed by atoms with van der Waals surface area (Å²) in [5.74, 6) is 1.14. The van der Waals surface area contributed by atoms with Crippen LogP contribution in [0.3, 0.4) is 0 Å². The third-order valence-electron chi connectivity index (χ3n) is 4.44. The summed E-state index contributed by atoms with van der Waals surface area (Å²) in [7, 11) is 3.19. The van der Waals surface area contributed by atoms with E-state index in [4.69, 9.17) is 9.47 Å². The quantitative estimate of drug-likeness (QED) is 0.601. The lowest BCUT2D eigenvalue weighted by Gasteiger charge is -2.20. The van der Waals surface area contributed by atoms with Crippen molar-refractivity contribution in [2.45, 2.75) is 20.0 Å². The van der Waals surface area contributed by atoms with Crippen LogP contribution in [0.2, 0.25) is 0 Å². The number of methoxy groups -OCH3 is 2. The molecule has 0 radical (unpaired) electrons. The molecular weight excluding hydrogens is 356 g/mol. The molecule has 0 fully saturated rings. The second-order valence-corrected chi connectivity index (χ2v) is 6.30. The average Bonchev–Trinajstić information content (AvgIpc) is 3.20. The smallest absolute Gasteiger partial charge is 0.276 e. The van der Waals surface area contributed by atoms with Crippen LogP contribution < -0.4 is 9.47 Å². The molecular formula is C21H24N4O3. The Morgan fingerprint density at radius 3 is 2.46 bits per heavy atom. The Balaban J connectivity index is 1.71. The van der Waals surface area contributed by atoms with Gasteiger partial charge in [-0.3, -0.25) is 4.79 Å². The van der Waals surface area contributed by atoms with Gasteiger partial charge in [0.25, 0.3) is 5.91 Å². The number of amides is 1. The fraction of sp³-hybridized carbons (Fsp3) is 0.286. The highest BCUT2D eigenvalue weighted by Gasteiger charge is 2.19. The van der Waals surface area contributed by atoms with E-state index < -0.39 is 0 Å². The Bertz CT molecular complexity index is 924. The van der Waals surface area contributed by atoms with Gasteiger partial charge in [-0.25, -0.2) is 4.68 Å². The number of carbonyl (C=O) groups excluding carboxylic acids is 1. The van der Waals surface area contributed by atoms with Crippen LogP contribution in [0.4, 0.5) is 0 Å². The van der Waals surface area contributed by atoms with E-state index in [-0.39, 0.29) is 5.91 Å². The van der Waals surface area contributed by atoms with E-state index in [0.717, 1.165) is 11.1 Å². The van der Waals surface area contributed by atoms with Crippen LogP contribution in [0.1, 0.15) is 28.5 Å². The maximum atomic E-state index is 12.9. The molecule has 7 heteroatoms. The summed E-state index contributed by atoms with van der Waals surface area (Å²) in [5, 5.41) is 8.15. The van der Waals surface area contributed by atoms with E-state index >= 15 is 0 Å². The van der Waals surface area contributed by atoms with E-state index in [1.165, 1.54) is 0 Å². The van der Waals surface area contributed by atoms with Crippen molar-refractivity contribution >= 4 is 5.91 Å². The largest absolute Gasteiger partial charge is 0.493 e. The highest BCUT2D eigenvalue weighted by atomic mass is 16.5. The summed E-state index contributed by atoms with van der Waals surface area (Å²) >= 11 is 0. The standard InChI is InChI=1S/C21H24N4O3/c1-4-24(13-17-10-11-19(27-2)20(12-17)28-3)21(26)18-15-25(23-22-18)14-16-8-6-5-7-9-16/h5-12,15H,4,13-14H2,1-3H3. The minimum absolute atomic E-state index is 0.156. The lowest BCUT2D eigenvalue weighted by molar-refractivity contribution is 0.0746. The van der Waals surface area contributed by atoms with Gasteiger partial charge in [-0.1, -0.05) is 41.6 Å². The molecule has 7 nitrogen and oxygen atoms in total. The molecule has 1 heterocycles. The fourth-order valence-corrected chi connectivity index (χ4v) is 2.93. The van der Waals surface area contributed by atoms with Gasteiger partial charge < -0.3 is 14.4 Å². The van der Waals surface area contributed by atoms with Gasteiger partial charge in [-0.05, 0) is 30.2 Å². The minimum atomic E-state index is -0.156. The van der Waals surface area contributed by atoms with Crippen molar-refractivity contribution in [1.29, 1.82) is 0 Å². The molecule has 0 N–H and O–H groups in total. The number of aromatic nitrogens is 3. The molecule has 0 aliphatic heterocycles. The van der Waals surface area contributed by atoms with Gasteiger partial charge in [0.15, 0.2) is 17.2 Å². The normalized spacial score (nSPS) is 10.5. The zero-order valence-corrected chi connectivity index (χ0v) is 16.3. The lowest BCUT2D eigenvalue weighted by Crippen LogP contribution is -2.30. The number of carbonyl (C=O) groups is 1. The zero-order chi connectivity index (χ0) is 19.9. The van der Waals surface area contributed by atoms with Crippen LogP contribution in [0.25, 0.3) is 0 Å². The molecule has 146 valence electrons. The molecule has 28 heavy (non-hydrogen) atoms. The van der Waals surface area contributed by atoms with E-state index in [2.05, 4.69) is 10.3 Å². The number of ether oxygens (including phenoxy) is 2. The molecule has 1 amide bonds. The number of benzene rings is 2. The van der Waals surface area contributed by atoms with Crippen molar-refractivity contribution in [2.24, 2.45) is 0 Å². The molecule has 0 unspecified atom stereocenters. The Labute approximate surface area is 164 Å². The summed E-state index contributed by atoms with van der Waals surface area (Å²) < 4.78 is 12.3. The highest BCUT2D eigenvalue weighted by Crippen LogP contribution is 2.28. The van der Waals surface area contributed by atoms with E-state index in [0.29, 0.717) is 36.8 Å². The molecule has 0 spiro atoms. The van der Waals surface area contributed by atoms with Gasteiger partial charge in [0.1, 0.15) is 0 Å². The Morgan fingerprint density at radius 2 is 1.79 bits per heavy atom. The van der Waals surface area contributed by atoms with Crippen molar-refractivity contribution in [1.82, 2.24) is 19.9 Å². The first-order valence-corrected chi connectivity index (χ1v) is 9.08. The van der Waals surface area contributed by atoms with Crippen molar-refractivity contribution in [3.63, 3.8) is 0 Å². The van der Waals surface area contributed by atoms with Gasteiger partial charge in [-0.2, -0.15) is 0 Å². The second kappa shape index (κ2) is 9.03. The molecule has 0 aliphatic carbocycles. The van der Waals surface area contributed by atoms with E-state index in [9.17, 15) is 4.79 Å². The predicted molar refractivity (Wildman–Crippen MR) is 106 cm³/mol. The number of hydrogen-bond donors (Lipinski definition) is 0. The molecule has 1 aromatic heterocycles. The van der Waals surface area contributed by atoms with Crippen LogP contribution in [-0.4, -0.2) is 46.6 Å². The second-order valence-electron chi connectivity index (χ2n) is 6.30. The average molecular weight is 380 g/mol. The Kier molecular flexibility index (Phi) is 6.26. The maximum Gasteiger partial charge on any atom is 0.276 e. The van der Waals surface area contributed by atoms with E-state index in [1.54, 1.807) is 30.0 Å². The number of nitrogens with zero attached hydrogens (tertiary/aromatic N) is 4. The third-order valence-corrected chi connectivity index (χ3v) is 4.44. The van der Waals surface area contributed by atoms with Crippen LogP contribution >= 0.6 is 0 Å². The molecule has 0 bridgehead atoms. The molecule has 3 rings (SSSR count). The molecule has 0 atom stereocenters. The molecule has 0 aliphatic rings. The molecule has 3 aromatic rings. The summed E-state index contributed by atoms with van der Waals surface area (Å²) in [6.07, 6.45) is 1.69. The zero-order valence-electron chi connectivity index (χ0n) is 16.3. The van der Waals surface area contributed by atoms with Crippen molar-refractivity contribution < 1.29 is 14.3 Å². The predicted octanol–water partition coefficient (Wildman–Crippen LogP) is 3.01. The van der Waals surface area contributed by atoms with Gasteiger partial charge in [0, 0.05) is 13.1 Å². The van der Waals surface area contributed by atoms with Gasteiger partial charge in [-0.15, -0.1) is 5.10 Å². The summed E-state index contributed by atoms with van der Waals surface area (Å²) in [5.41, 5.74) is 2.38.